The van der Waals surface area contributed by atoms with Crippen LogP contribution < -0.4 is 19.5 Å². The Bertz CT molecular complexity index is 1130. The molecule has 0 saturated carbocycles. The summed E-state index contributed by atoms with van der Waals surface area (Å²) in [5, 5.41) is 3.00. The Kier molecular flexibility index (Phi) is 7.63. The van der Waals surface area contributed by atoms with E-state index in [0.29, 0.717) is 55.5 Å². The maximum Gasteiger partial charge on any atom is 0.243 e. The number of fused-ring (bicyclic) bond motifs is 1. The molecule has 8 nitrogen and oxygen atoms in total. The zero-order chi connectivity index (χ0) is 24.1. The minimum Gasteiger partial charge on any atom is -0.496 e. The first kappa shape index (κ1) is 24.3. The van der Waals surface area contributed by atoms with Crippen LogP contribution in [0.15, 0.2) is 41.3 Å². The van der Waals surface area contributed by atoms with Gasteiger partial charge in [0.05, 0.1) is 18.0 Å². The van der Waals surface area contributed by atoms with E-state index in [0.717, 1.165) is 24.8 Å². The third-order valence-electron chi connectivity index (χ3n) is 6.27. The van der Waals surface area contributed by atoms with Crippen molar-refractivity contribution in [1.29, 1.82) is 0 Å². The van der Waals surface area contributed by atoms with Crippen molar-refractivity contribution in [2.45, 2.75) is 50.0 Å². The molecular formula is C25H32N2O6S. The molecule has 0 radical (unpaired) electrons. The number of methoxy groups -OCH3 is 1. The van der Waals surface area contributed by atoms with Gasteiger partial charge in [-0.15, -0.1) is 0 Å². The van der Waals surface area contributed by atoms with Crippen LogP contribution in [0.2, 0.25) is 0 Å². The number of rotatable bonds is 8. The van der Waals surface area contributed by atoms with Crippen molar-refractivity contribution in [2.75, 3.05) is 33.4 Å². The van der Waals surface area contributed by atoms with E-state index in [2.05, 4.69) is 5.32 Å². The lowest BCUT2D eigenvalue weighted by Gasteiger charge is -2.26. The average Bonchev–Trinajstić information content (AvgIpc) is 2.87. The Morgan fingerprint density at radius 3 is 2.53 bits per heavy atom. The molecule has 4 rings (SSSR count). The van der Waals surface area contributed by atoms with Crippen molar-refractivity contribution in [3.8, 4) is 17.2 Å². The number of carbonyl (C=O) groups excluding carboxylic acids is 1. The van der Waals surface area contributed by atoms with Crippen LogP contribution in [0, 0.1) is 0 Å². The summed E-state index contributed by atoms with van der Waals surface area (Å²) in [6.07, 6.45) is 3.39. The molecule has 1 amide bonds. The monoisotopic (exact) mass is 488 g/mol. The van der Waals surface area contributed by atoms with Gasteiger partial charge in [-0.1, -0.05) is 12.5 Å². The first-order chi connectivity index (χ1) is 16.4. The third kappa shape index (κ3) is 5.47. The molecule has 2 heterocycles. The molecule has 1 N–H and O–H groups in total. The third-order valence-corrected chi connectivity index (χ3v) is 8.16. The summed E-state index contributed by atoms with van der Waals surface area (Å²) in [5.74, 6) is 1.83. The number of carbonyl (C=O) groups is 1. The highest BCUT2D eigenvalue weighted by atomic mass is 32.2. The van der Waals surface area contributed by atoms with Crippen molar-refractivity contribution in [3.05, 3.63) is 47.5 Å². The number of nitrogens with zero attached hydrogens (tertiary/aromatic N) is 1. The van der Waals surface area contributed by atoms with Gasteiger partial charge in [0.1, 0.15) is 19.0 Å². The molecule has 9 heteroatoms. The summed E-state index contributed by atoms with van der Waals surface area (Å²) in [5.41, 5.74) is 1.62. The average molecular weight is 489 g/mol. The Morgan fingerprint density at radius 1 is 1.06 bits per heavy atom. The fourth-order valence-corrected chi connectivity index (χ4v) is 5.91. The fraction of sp³-hybridized carbons (Fsp3) is 0.480. The number of sulfonamides is 1. The van der Waals surface area contributed by atoms with Crippen LogP contribution in [0.3, 0.4) is 0 Å². The Hall–Kier alpha value is -2.78. The van der Waals surface area contributed by atoms with Crippen LogP contribution in [0.5, 0.6) is 17.2 Å². The molecule has 184 valence electrons. The van der Waals surface area contributed by atoms with E-state index in [-0.39, 0.29) is 23.3 Å². The molecule has 2 aromatic rings. The maximum atomic E-state index is 13.1. The Balaban J connectivity index is 1.41. The number of benzene rings is 2. The lowest BCUT2D eigenvalue weighted by atomic mass is 10.1. The van der Waals surface area contributed by atoms with Gasteiger partial charge in [-0.05, 0) is 67.6 Å². The first-order valence-corrected chi connectivity index (χ1v) is 13.2. The Labute approximate surface area is 201 Å². The molecule has 34 heavy (non-hydrogen) atoms. The lowest BCUT2D eigenvalue weighted by Crippen LogP contribution is -2.35. The predicted molar refractivity (Wildman–Crippen MR) is 128 cm³/mol. The minimum atomic E-state index is -3.56. The summed E-state index contributed by atoms with van der Waals surface area (Å²) in [7, 11) is -2.01. The smallest absolute Gasteiger partial charge is 0.243 e. The van der Waals surface area contributed by atoms with E-state index < -0.39 is 10.0 Å². The van der Waals surface area contributed by atoms with E-state index >= 15 is 0 Å². The van der Waals surface area contributed by atoms with Crippen LogP contribution in [0.25, 0.3) is 0 Å². The maximum absolute atomic E-state index is 13.1. The van der Waals surface area contributed by atoms with Gasteiger partial charge in [0.15, 0.2) is 11.5 Å². The van der Waals surface area contributed by atoms with Gasteiger partial charge >= 0.3 is 0 Å². The molecule has 0 bridgehead atoms. The quantitative estimate of drug-likeness (QED) is 0.612. The lowest BCUT2D eigenvalue weighted by molar-refractivity contribution is -0.121. The molecule has 0 unspecified atom stereocenters. The zero-order valence-electron chi connectivity index (χ0n) is 19.7. The van der Waals surface area contributed by atoms with Gasteiger partial charge in [0.25, 0.3) is 0 Å². The van der Waals surface area contributed by atoms with Crippen molar-refractivity contribution in [3.63, 3.8) is 0 Å². The summed E-state index contributed by atoms with van der Waals surface area (Å²) in [6.45, 7) is 4.04. The molecule has 1 saturated heterocycles. The fourth-order valence-electron chi connectivity index (χ4n) is 4.34. The molecule has 2 aromatic carbocycles. The normalized spacial score (nSPS) is 17.1. The van der Waals surface area contributed by atoms with Gasteiger partial charge in [0, 0.05) is 19.5 Å². The van der Waals surface area contributed by atoms with E-state index in [1.165, 1.54) is 0 Å². The number of amides is 1. The summed E-state index contributed by atoms with van der Waals surface area (Å²) in [6, 6.07) is 10.3. The first-order valence-electron chi connectivity index (χ1n) is 11.7. The van der Waals surface area contributed by atoms with Crippen LogP contribution >= 0.6 is 0 Å². The summed E-state index contributed by atoms with van der Waals surface area (Å²) < 4.78 is 44.3. The second-order valence-corrected chi connectivity index (χ2v) is 10.6. The van der Waals surface area contributed by atoms with Crippen molar-refractivity contribution < 1.29 is 27.4 Å². The molecular weight excluding hydrogens is 456 g/mol. The predicted octanol–water partition coefficient (Wildman–Crippen LogP) is 3.45. The van der Waals surface area contributed by atoms with Crippen LogP contribution in [0.1, 0.15) is 49.8 Å². The van der Waals surface area contributed by atoms with Gasteiger partial charge in [-0.25, -0.2) is 8.42 Å². The highest BCUT2D eigenvalue weighted by Gasteiger charge is 2.27. The van der Waals surface area contributed by atoms with Crippen LogP contribution in [-0.2, 0) is 21.2 Å². The Morgan fingerprint density at radius 2 is 1.79 bits per heavy atom. The minimum absolute atomic E-state index is 0.131. The highest BCUT2D eigenvalue weighted by molar-refractivity contribution is 7.89. The topological polar surface area (TPSA) is 94.2 Å². The van der Waals surface area contributed by atoms with E-state index in [9.17, 15) is 13.2 Å². The van der Waals surface area contributed by atoms with Gasteiger partial charge in [-0.3, -0.25) is 4.79 Å². The molecule has 1 fully saturated rings. The number of ether oxygens (including phenoxy) is 3. The number of aryl methyl sites for hydroxylation is 1. The van der Waals surface area contributed by atoms with Crippen LogP contribution in [-0.4, -0.2) is 52.0 Å². The standard InChI is InChI=1S/C25H32N2O6S/c1-18(19-6-9-23-24(17-19)33-15-14-32-23)26-25(28)11-7-20-16-21(8-10-22(20)31-2)34(29,30)27-12-4-3-5-13-27/h6,8-10,16-18H,3-5,7,11-15H2,1-2H3,(H,26,28)/t18-/m0/s1. The molecule has 0 aliphatic carbocycles. The molecule has 1 atom stereocenters. The van der Waals surface area contributed by atoms with Gasteiger partial charge in [-0.2, -0.15) is 4.31 Å². The van der Waals surface area contributed by atoms with Crippen LogP contribution in [0.4, 0.5) is 0 Å². The van der Waals surface area contributed by atoms with E-state index in [4.69, 9.17) is 14.2 Å². The zero-order valence-corrected chi connectivity index (χ0v) is 20.5. The van der Waals surface area contributed by atoms with Crippen molar-refractivity contribution >= 4 is 15.9 Å². The molecule has 2 aliphatic rings. The number of piperidine rings is 1. The number of hydrogen-bond donors (Lipinski definition) is 1. The molecule has 2 aliphatic heterocycles. The van der Waals surface area contributed by atoms with Gasteiger partial charge < -0.3 is 19.5 Å². The second-order valence-electron chi connectivity index (χ2n) is 8.63. The van der Waals surface area contributed by atoms with E-state index in [1.54, 1.807) is 29.6 Å². The van der Waals surface area contributed by atoms with E-state index in [1.807, 2.05) is 25.1 Å². The summed E-state index contributed by atoms with van der Waals surface area (Å²) >= 11 is 0. The highest BCUT2D eigenvalue weighted by Crippen LogP contribution is 2.33. The van der Waals surface area contributed by atoms with Gasteiger partial charge in [0.2, 0.25) is 15.9 Å². The van der Waals surface area contributed by atoms with Crippen molar-refractivity contribution in [1.82, 2.24) is 9.62 Å². The molecule has 0 aromatic heterocycles. The second kappa shape index (κ2) is 10.7. The number of hydrogen-bond acceptors (Lipinski definition) is 6. The van der Waals surface area contributed by atoms with Crippen molar-refractivity contribution in [2.24, 2.45) is 0 Å². The SMILES string of the molecule is COc1ccc(S(=O)(=O)N2CCCCC2)cc1CCC(=O)N[C@@H](C)c1ccc2c(c1)OCCO2. The largest absolute Gasteiger partial charge is 0.496 e. The number of nitrogens with one attached hydrogen (secondary N) is 1. The molecule has 0 spiro atoms. The summed E-state index contributed by atoms with van der Waals surface area (Å²) in [4.78, 5) is 12.9.